The molecule has 0 heterocycles. The molecule has 1 N–H and O–H groups in total. The highest BCUT2D eigenvalue weighted by molar-refractivity contribution is 7.92. The summed E-state index contributed by atoms with van der Waals surface area (Å²) in [4.78, 5) is -0.726. The van der Waals surface area contributed by atoms with Crippen LogP contribution in [0.25, 0.3) is 0 Å². The summed E-state index contributed by atoms with van der Waals surface area (Å²) < 4.78 is 59.6. The van der Waals surface area contributed by atoms with Gasteiger partial charge < -0.3 is 5.32 Å². The number of anilines is 1. The third kappa shape index (κ3) is 3.90. The maximum atomic E-state index is 12.4. The van der Waals surface area contributed by atoms with Crippen molar-refractivity contribution in [2.75, 3.05) is 11.9 Å². The molecule has 7 heteroatoms. The Kier molecular flexibility index (Phi) is 4.81. The Morgan fingerprint density at radius 2 is 1.67 bits per heavy atom. The molecule has 118 valence electrons. The Hall–Kier alpha value is -1.24. The van der Waals surface area contributed by atoms with Crippen molar-refractivity contribution >= 4 is 15.5 Å². The molecular formula is C14H18F3NO2S. The van der Waals surface area contributed by atoms with E-state index in [1.165, 1.54) is 37.8 Å². The third-order valence-electron chi connectivity index (χ3n) is 3.83. The summed E-state index contributed by atoms with van der Waals surface area (Å²) in [5, 5.41) is 3.11. The summed E-state index contributed by atoms with van der Waals surface area (Å²) in [6.07, 6.45) is 6.06. The van der Waals surface area contributed by atoms with Crippen LogP contribution in [-0.2, 0) is 9.84 Å². The van der Waals surface area contributed by atoms with Gasteiger partial charge in [-0.3, -0.25) is 0 Å². The van der Waals surface area contributed by atoms with E-state index in [0.717, 1.165) is 31.0 Å². The van der Waals surface area contributed by atoms with Gasteiger partial charge in [0.05, 0.1) is 4.90 Å². The zero-order valence-corrected chi connectivity index (χ0v) is 12.3. The molecule has 21 heavy (non-hydrogen) atoms. The van der Waals surface area contributed by atoms with E-state index in [9.17, 15) is 21.6 Å². The van der Waals surface area contributed by atoms with Crippen LogP contribution in [-0.4, -0.2) is 20.5 Å². The van der Waals surface area contributed by atoms with Gasteiger partial charge in [-0.2, -0.15) is 13.2 Å². The zero-order valence-electron chi connectivity index (χ0n) is 11.5. The largest absolute Gasteiger partial charge is 0.501 e. The molecule has 2 rings (SSSR count). The minimum Gasteiger partial charge on any atom is -0.385 e. The lowest BCUT2D eigenvalue weighted by atomic mass is 10.0. The summed E-state index contributed by atoms with van der Waals surface area (Å²) in [6, 6.07) is 4.71. The van der Waals surface area contributed by atoms with E-state index in [-0.39, 0.29) is 0 Å². The van der Waals surface area contributed by atoms with Gasteiger partial charge in [0.1, 0.15) is 0 Å². The van der Waals surface area contributed by atoms with Gasteiger partial charge in [0.15, 0.2) is 0 Å². The molecule has 0 spiro atoms. The highest BCUT2D eigenvalue weighted by Crippen LogP contribution is 2.31. The predicted molar refractivity (Wildman–Crippen MR) is 74.7 cm³/mol. The Morgan fingerprint density at radius 3 is 2.19 bits per heavy atom. The molecule has 0 radical (unpaired) electrons. The molecule has 1 aromatic carbocycles. The number of sulfone groups is 1. The van der Waals surface area contributed by atoms with Gasteiger partial charge in [-0.25, -0.2) is 8.42 Å². The van der Waals surface area contributed by atoms with Gasteiger partial charge in [-0.1, -0.05) is 25.7 Å². The van der Waals surface area contributed by atoms with Crippen LogP contribution in [0.4, 0.5) is 18.9 Å². The summed E-state index contributed by atoms with van der Waals surface area (Å²) >= 11 is 0. The number of rotatable bonds is 5. The van der Waals surface area contributed by atoms with Crippen molar-refractivity contribution in [1.29, 1.82) is 0 Å². The monoisotopic (exact) mass is 321 g/mol. The van der Waals surface area contributed by atoms with E-state index in [1.54, 1.807) is 0 Å². The number of nitrogens with one attached hydrogen (secondary N) is 1. The van der Waals surface area contributed by atoms with Crippen LogP contribution >= 0.6 is 0 Å². The lowest BCUT2D eigenvalue weighted by molar-refractivity contribution is -0.0436. The standard InChI is InChI=1S/C14H18F3NO2S/c15-14(16,17)21(19,20)13-7-5-12(6-8-13)18-10-9-11-3-1-2-4-11/h5-8,11,18H,1-4,9-10H2. The minimum atomic E-state index is -5.26. The SMILES string of the molecule is O=S(=O)(c1ccc(NCCC2CCCC2)cc1)C(F)(F)F. The fourth-order valence-corrected chi connectivity index (χ4v) is 3.37. The number of alkyl halides is 3. The molecule has 0 atom stereocenters. The summed E-state index contributed by atoms with van der Waals surface area (Å²) in [7, 11) is -5.25. The second-order valence-corrected chi connectivity index (χ2v) is 7.28. The van der Waals surface area contributed by atoms with Crippen LogP contribution in [0.1, 0.15) is 32.1 Å². The van der Waals surface area contributed by atoms with Gasteiger partial charge in [-0.15, -0.1) is 0 Å². The Morgan fingerprint density at radius 1 is 1.10 bits per heavy atom. The van der Waals surface area contributed by atoms with E-state index in [0.29, 0.717) is 5.69 Å². The van der Waals surface area contributed by atoms with Crippen LogP contribution in [0.2, 0.25) is 0 Å². The van der Waals surface area contributed by atoms with E-state index < -0.39 is 20.2 Å². The van der Waals surface area contributed by atoms with Crippen LogP contribution in [0.3, 0.4) is 0 Å². The lowest BCUT2D eigenvalue weighted by Gasteiger charge is -2.12. The molecule has 1 saturated carbocycles. The molecule has 1 fully saturated rings. The van der Waals surface area contributed by atoms with Crippen molar-refractivity contribution < 1.29 is 21.6 Å². The van der Waals surface area contributed by atoms with Crippen molar-refractivity contribution in [3.05, 3.63) is 24.3 Å². The minimum absolute atomic E-state index is 0.633. The fourth-order valence-electron chi connectivity index (χ4n) is 2.61. The second kappa shape index (κ2) is 6.25. The number of hydrogen-bond donors (Lipinski definition) is 1. The highest BCUT2D eigenvalue weighted by Gasteiger charge is 2.46. The first-order chi connectivity index (χ1) is 9.80. The normalized spacial score (nSPS) is 17.1. The molecular weight excluding hydrogens is 303 g/mol. The maximum absolute atomic E-state index is 12.4. The Bertz CT molecular complexity index is 561. The molecule has 0 saturated heterocycles. The van der Waals surface area contributed by atoms with E-state index in [4.69, 9.17) is 0 Å². The molecule has 0 aromatic heterocycles. The molecule has 1 aromatic rings. The molecule has 0 bridgehead atoms. The first-order valence-corrected chi connectivity index (χ1v) is 8.44. The molecule has 1 aliphatic rings. The average Bonchev–Trinajstić information content (AvgIpc) is 2.91. The van der Waals surface area contributed by atoms with Gasteiger partial charge in [-0.05, 0) is 36.6 Å². The Balaban J connectivity index is 1.93. The number of hydrogen-bond acceptors (Lipinski definition) is 3. The van der Waals surface area contributed by atoms with Crippen LogP contribution in [0.15, 0.2) is 29.2 Å². The first-order valence-electron chi connectivity index (χ1n) is 6.96. The van der Waals surface area contributed by atoms with Gasteiger partial charge in [0.25, 0.3) is 9.84 Å². The van der Waals surface area contributed by atoms with Crippen molar-refractivity contribution in [2.24, 2.45) is 5.92 Å². The first kappa shape index (κ1) is 16.1. The quantitative estimate of drug-likeness (QED) is 0.892. The summed E-state index contributed by atoms with van der Waals surface area (Å²) in [5.41, 5.74) is -4.63. The summed E-state index contributed by atoms with van der Waals surface area (Å²) in [6.45, 7) is 0.746. The van der Waals surface area contributed by atoms with Gasteiger partial charge >= 0.3 is 5.51 Å². The second-order valence-electron chi connectivity index (χ2n) is 5.34. The van der Waals surface area contributed by atoms with Crippen molar-refractivity contribution in [3.8, 4) is 0 Å². The third-order valence-corrected chi connectivity index (χ3v) is 5.33. The van der Waals surface area contributed by atoms with E-state index >= 15 is 0 Å². The molecule has 1 aliphatic carbocycles. The van der Waals surface area contributed by atoms with Crippen molar-refractivity contribution in [1.82, 2.24) is 0 Å². The number of halogens is 3. The number of benzene rings is 1. The van der Waals surface area contributed by atoms with Gasteiger partial charge in [0, 0.05) is 12.2 Å². The van der Waals surface area contributed by atoms with Gasteiger partial charge in [0.2, 0.25) is 0 Å². The van der Waals surface area contributed by atoms with Crippen LogP contribution < -0.4 is 5.32 Å². The van der Waals surface area contributed by atoms with E-state index in [1.807, 2.05) is 0 Å². The van der Waals surface area contributed by atoms with Crippen LogP contribution in [0.5, 0.6) is 0 Å². The summed E-state index contributed by atoms with van der Waals surface area (Å²) in [5.74, 6) is 0.724. The zero-order chi connectivity index (χ0) is 15.5. The highest BCUT2D eigenvalue weighted by atomic mass is 32.2. The molecule has 3 nitrogen and oxygen atoms in total. The average molecular weight is 321 g/mol. The maximum Gasteiger partial charge on any atom is 0.501 e. The fraction of sp³-hybridized carbons (Fsp3) is 0.571. The lowest BCUT2D eigenvalue weighted by Crippen LogP contribution is -2.23. The predicted octanol–water partition coefficient (Wildman–Crippen LogP) is 3.97. The molecule has 0 amide bonds. The van der Waals surface area contributed by atoms with Crippen LogP contribution in [0, 0.1) is 5.92 Å². The van der Waals surface area contributed by atoms with Crippen molar-refractivity contribution in [3.63, 3.8) is 0 Å². The van der Waals surface area contributed by atoms with Crippen molar-refractivity contribution in [2.45, 2.75) is 42.5 Å². The molecule has 0 aliphatic heterocycles. The molecule has 0 unspecified atom stereocenters. The topological polar surface area (TPSA) is 46.2 Å². The Labute approximate surface area is 122 Å². The smallest absolute Gasteiger partial charge is 0.385 e. The van der Waals surface area contributed by atoms with E-state index in [2.05, 4.69) is 5.32 Å².